The monoisotopic (exact) mass is 246 g/mol. The number of anilines is 1. The Morgan fingerprint density at radius 3 is 2.72 bits per heavy atom. The van der Waals surface area contributed by atoms with E-state index in [9.17, 15) is 0 Å². The first-order valence-electron chi connectivity index (χ1n) is 7.12. The van der Waals surface area contributed by atoms with Crippen molar-refractivity contribution in [1.29, 1.82) is 0 Å². The van der Waals surface area contributed by atoms with Gasteiger partial charge < -0.3 is 10.2 Å². The van der Waals surface area contributed by atoms with E-state index in [-0.39, 0.29) is 0 Å². The predicted octanol–water partition coefficient (Wildman–Crippen LogP) is 3.34. The fourth-order valence-electron chi connectivity index (χ4n) is 2.98. The van der Waals surface area contributed by atoms with Gasteiger partial charge >= 0.3 is 0 Å². The van der Waals surface area contributed by atoms with Crippen molar-refractivity contribution in [1.82, 2.24) is 5.32 Å². The van der Waals surface area contributed by atoms with Gasteiger partial charge in [-0.25, -0.2) is 0 Å². The predicted molar refractivity (Wildman–Crippen MR) is 79.1 cm³/mol. The zero-order valence-electron chi connectivity index (χ0n) is 12.2. The molecule has 100 valence electrons. The lowest BCUT2D eigenvalue weighted by molar-refractivity contribution is 0.390. The molecule has 1 heterocycles. The van der Waals surface area contributed by atoms with Crippen molar-refractivity contribution in [2.45, 2.75) is 46.2 Å². The van der Waals surface area contributed by atoms with E-state index in [1.807, 2.05) is 7.05 Å². The summed E-state index contributed by atoms with van der Waals surface area (Å²) >= 11 is 0. The van der Waals surface area contributed by atoms with Crippen LogP contribution in [0.4, 0.5) is 5.69 Å². The maximum atomic E-state index is 3.21. The maximum Gasteiger partial charge on any atom is 0.0398 e. The minimum atomic E-state index is 0.676. The van der Waals surface area contributed by atoms with Gasteiger partial charge in [-0.15, -0.1) is 0 Å². The van der Waals surface area contributed by atoms with Crippen molar-refractivity contribution in [2.24, 2.45) is 5.92 Å². The SMILES string of the molecule is CNCc1ccc(N2CC(C)CCC2C)c(C)c1. The highest BCUT2D eigenvalue weighted by molar-refractivity contribution is 5.55. The summed E-state index contributed by atoms with van der Waals surface area (Å²) in [7, 11) is 2.00. The van der Waals surface area contributed by atoms with Crippen LogP contribution in [-0.4, -0.2) is 19.6 Å². The van der Waals surface area contributed by atoms with Crippen LogP contribution in [0.5, 0.6) is 0 Å². The van der Waals surface area contributed by atoms with Gasteiger partial charge in [0.25, 0.3) is 0 Å². The van der Waals surface area contributed by atoms with Crippen LogP contribution in [0.25, 0.3) is 0 Å². The van der Waals surface area contributed by atoms with Crippen molar-refractivity contribution in [3.05, 3.63) is 29.3 Å². The van der Waals surface area contributed by atoms with E-state index in [2.05, 4.69) is 49.2 Å². The Bertz CT molecular complexity index is 400. The molecule has 0 radical (unpaired) electrons. The highest BCUT2D eigenvalue weighted by atomic mass is 15.2. The number of aryl methyl sites for hydroxylation is 1. The molecule has 2 atom stereocenters. The molecule has 1 N–H and O–H groups in total. The molecule has 0 saturated carbocycles. The summed E-state index contributed by atoms with van der Waals surface area (Å²) in [5, 5.41) is 3.21. The van der Waals surface area contributed by atoms with Crippen LogP contribution in [-0.2, 0) is 6.54 Å². The van der Waals surface area contributed by atoms with Gasteiger partial charge in [0.1, 0.15) is 0 Å². The molecule has 0 spiro atoms. The van der Waals surface area contributed by atoms with Gasteiger partial charge in [0, 0.05) is 24.8 Å². The van der Waals surface area contributed by atoms with Crippen LogP contribution in [0.3, 0.4) is 0 Å². The molecule has 0 aromatic heterocycles. The third-order valence-electron chi connectivity index (χ3n) is 4.07. The lowest BCUT2D eigenvalue weighted by atomic mass is 9.93. The fraction of sp³-hybridized carbons (Fsp3) is 0.625. The quantitative estimate of drug-likeness (QED) is 0.880. The Morgan fingerprint density at radius 1 is 1.28 bits per heavy atom. The van der Waals surface area contributed by atoms with Crippen LogP contribution < -0.4 is 10.2 Å². The van der Waals surface area contributed by atoms with Crippen LogP contribution in [0, 0.1) is 12.8 Å². The molecule has 2 heteroatoms. The average molecular weight is 246 g/mol. The molecular weight excluding hydrogens is 220 g/mol. The molecule has 2 nitrogen and oxygen atoms in total. The Labute approximate surface area is 111 Å². The number of rotatable bonds is 3. The third kappa shape index (κ3) is 2.86. The largest absolute Gasteiger partial charge is 0.368 e. The number of benzene rings is 1. The van der Waals surface area contributed by atoms with E-state index in [1.54, 1.807) is 0 Å². The van der Waals surface area contributed by atoms with Gasteiger partial charge in [-0.1, -0.05) is 19.1 Å². The van der Waals surface area contributed by atoms with Gasteiger partial charge in [-0.3, -0.25) is 0 Å². The van der Waals surface area contributed by atoms with Crippen LogP contribution in [0.15, 0.2) is 18.2 Å². The molecule has 1 aliphatic rings. The maximum absolute atomic E-state index is 3.21. The average Bonchev–Trinajstić information content (AvgIpc) is 2.33. The molecule has 18 heavy (non-hydrogen) atoms. The zero-order chi connectivity index (χ0) is 13.1. The van der Waals surface area contributed by atoms with Gasteiger partial charge in [-0.05, 0) is 56.8 Å². The summed E-state index contributed by atoms with van der Waals surface area (Å²) in [6.45, 7) is 9.11. The van der Waals surface area contributed by atoms with Crippen LogP contribution >= 0.6 is 0 Å². The summed E-state index contributed by atoms with van der Waals surface area (Å²) in [5.74, 6) is 0.817. The molecule has 0 amide bonds. The van der Waals surface area contributed by atoms with Crippen LogP contribution in [0.2, 0.25) is 0 Å². The van der Waals surface area contributed by atoms with E-state index in [4.69, 9.17) is 0 Å². The fourth-order valence-corrected chi connectivity index (χ4v) is 2.98. The number of hydrogen-bond acceptors (Lipinski definition) is 2. The van der Waals surface area contributed by atoms with Gasteiger partial charge in [-0.2, -0.15) is 0 Å². The highest BCUT2D eigenvalue weighted by Crippen LogP contribution is 2.30. The lowest BCUT2D eigenvalue weighted by Crippen LogP contribution is -2.41. The standard InChI is InChI=1S/C16H26N2/c1-12-5-6-14(3)18(11-12)16-8-7-15(10-17-4)9-13(16)2/h7-9,12,14,17H,5-6,10-11H2,1-4H3. The minimum absolute atomic E-state index is 0.676. The molecule has 0 aliphatic carbocycles. The third-order valence-corrected chi connectivity index (χ3v) is 4.07. The van der Waals surface area contributed by atoms with Crippen molar-refractivity contribution in [2.75, 3.05) is 18.5 Å². The second-order valence-corrected chi connectivity index (χ2v) is 5.84. The molecule has 1 aliphatic heterocycles. The molecular formula is C16H26N2. The zero-order valence-corrected chi connectivity index (χ0v) is 12.2. The number of nitrogens with one attached hydrogen (secondary N) is 1. The molecule has 1 aromatic carbocycles. The second kappa shape index (κ2) is 5.75. The van der Waals surface area contributed by atoms with E-state index in [1.165, 1.54) is 36.2 Å². The smallest absolute Gasteiger partial charge is 0.0398 e. The summed E-state index contributed by atoms with van der Waals surface area (Å²) in [6.07, 6.45) is 2.69. The lowest BCUT2D eigenvalue weighted by Gasteiger charge is -2.39. The molecule has 1 fully saturated rings. The first kappa shape index (κ1) is 13.4. The Morgan fingerprint density at radius 2 is 2.06 bits per heavy atom. The van der Waals surface area contributed by atoms with Crippen molar-refractivity contribution >= 4 is 5.69 Å². The Kier molecular flexibility index (Phi) is 4.28. The number of nitrogens with zero attached hydrogens (tertiary/aromatic N) is 1. The van der Waals surface area contributed by atoms with E-state index in [0.717, 1.165) is 12.5 Å². The first-order valence-corrected chi connectivity index (χ1v) is 7.12. The topological polar surface area (TPSA) is 15.3 Å². The Hall–Kier alpha value is -1.02. The molecule has 2 unspecified atom stereocenters. The number of piperidine rings is 1. The summed E-state index contributed by atoms with van der Waals surface area (Å²) in [6, 6.07) is 7.55. The van der Waals surface area contributed by atoms with Crippen molar-refractivity contribution in [3.8, 4) is 0 Å². The van der Waals surface area contributed by atoms with E-state index in [0.29, 0.717) is 6.04 Å². The van der Waals surface area contributed by atoms with Gasteiger partial charge in [0.05, 0.1) is 0 Å². The van der Waals surface area contributed by atoms with Crippen molar-refractivity contribution in [3.63, 3.8) is 0 Å². The first-order chi connectivity index (χ1) is 8.61. The summed E-state index contributed by atoms with van der Waals surface area (Å²) in [4.78, 5) is 2.59. The summed E-state index contributed by atoms with van der Waals surface area (Å²) < 4.78 is 0. The van der Waals surface area contributed by atoms with Crippen LogP contribution in [0.1, 0.15) is 37.8 Å². The van der Waals surface area contributed by atoms with E-state index >= 15 is 0 Å². The van der Waals surface area contributed by atoms with Gasteiger partial charge in [0.2, 0.25) is 0 Å². The van der Waals surface area contributed by atoms with Gasteiger partial charge in [0.15, 0.2) is 0 Å². The Balaban J connectivity index is 2.21. The second-order valence-electron chi connectivity index (χ2n) is 5.84. The number of hydrogen-bond donors (Lipinski definition) is 1. The normalized spacial score (nSPS) is 24.3. The van der Waals surface area contributed by atoms with Crippen molar-refractivity contribution < 1.29 is 0 Å². The highest BCUT2D eigenvalue weighted by Gasteiger charge is 2.23. The minimum Gasteiger partial charge on any atom is -0.368 e. The van der Waals surface area contributed by atoms with E-state index < -0.39 is 0 Å². The molecule has 1 saturated heterocycles. The summed E-state index contributed by atoms with van der Waals surface area (Å²) in [5.41, 5.74) is 4.20. The molecule has 2 rings (SSSR count). The molecule has 1 aromatic rings. The molecule has 0 bridgehead atoms.